The number of amides is 1. The lowest BCUT2D eigenvalue weighted by molar-refractivity contribution is 0.0933. The first-order valence-electron chi connectivity index (χ1n) is 5.24. The second kappa shape index (κ2) is 4.19. The van der Waals surface area contributed by atoms with Gasteiger partial charge in [0.05, 0.1) is 10.9 Å². The Balaban J connectivity index is 2.29. The van der Waals surface area contributed by atoms with Crippen molar-refractivity contribution in [2.24, 2.45) is 0 Å². The largest absolute Gasteiger partial charge is 0.334 e. The molecule has 4 heteroatoms. The van der Waals surface area contributed by atoms with E-state index in [9.17, 15) is 4.79 Å². The highest BCUT2D eigenvalue weighted by Crippen LogP contribution is 2.25. The number of benzene rings is 1. The Morgan fingerprint density at radius 2 is 2.12 bits per heavy atom. The fraction of sp³-hybridized carbons (Fsp3) is 0.231. The van der Waals surface area contributed by atoms with Crippen molar-refractivity contribution in [3.63, 3.8) is 0 Å². The molecule has 0 aliphatic heterocycles. The predicted octanol–water partition coefficient (Wildman–Crippen LogP) is 2.93. The molecule has 1 heterocycles. The summed E-state index contributed by atoms with van der Waals surface area (Å²) in [5.74, 6) is -0.197. The normalized spacial score (nSPS) is 11.1. The Hall–Kier alpha value is -1.86. The van der Waals surface area contributed by atoms with E-state index in [0.717, 1.165) is 10.1 Å². The van der Waals surface area contributed by atoms with Gasteiger partial charge in [0.25, 0.3) is 5.91 Å². The van der Waals surface area contributed by atoms with Crippen molar-refractivity contribution < 1.29 is 4.79 Å². The molecule has 1 N–H and O–H groups in total. The van der Waals surface area contributed by atoms with Gasteiger partial charge >= 0.3 is 0 Å². The third kappa shape index (κ3) is 2.45. The van der Waals surface area contributed by atoms with Crippen molar-refractivity contribution in [1.82, 2.24) is 5.32 Å². The SMILES string of the molecule is CC(C)(C#N)NC(=O)c1cc2ccccc2s1. The van der Waals surface area contributed by atoms with Gasteiger partial charge in [-0.05, 0) is 31.4 Å². The van der Waals surface area contributed by atoms with Crippen molar-refractivity contribution in [3.05, 3.63) is 35.2 Å². The molecule has 2 aromatic rings. The first kappa shape index (κ1) is 11.6. The van der Waals surface area contributed by atoms with Crippen LogP contribution < -0.4 is 5.32 Å². The fourth-order valence-corrected chi connectivity index (χ4v) is 2.43. The summed E-state index contributed by atoms with van der Waals surface area (Å²) >= 11 is 1.44. The quantitative estimate of drug-likeness (QED) is 0.883. The number of nitriles is 1. The number of nitrogens with one attached hydrogen (secondary N) is 1. The maximum Gasteiger partial charge on any atom is 0.262 e. The number of rotatable bonds is 2. The Morgan fingerprint density at radius 1 is 1.41 bits per heavy atom. The Labute approximate surface area is 104 Å². The predicted molar refractivity (Wildman–Crippen MR) is 69.0 cm³/mol. The maximum absolute atomic E-state index is 11.9. The van der Waals surface area contributed by atoms with E-state index >= 15 is 0 Å². The highest BCUT2D eigenvalue weighted by molar-refractivity contribution is 7.20. The van der Waals surface area contributed by atoms with Crippen molar-refractivity contribution in [3.8, 4) is 6.07 Å². The third-order valence-electron chi connectivity index (χ3n) is 2.35. The Morgan fingerprint density at radius 3 is 2.76 bits per heavy atom. The molecule has 17 heavy (non-hydrogen) atoms. The van der Waals surface area contributed by atoms with Crippen LogP contribution in [0.4, 0.5) is 0 Å². The second-order valence-corrected chi connectivity index (χ2v) is 5.42. The summed E-state index contributed by atoms with van der Waals surface area (Å²) < 4.78 is 1.08. The van der Waals surface area contributed by atoms with Crippen molar-refractivity contribution in [2.75, 3.05) is 0 Å². The Bertz CT molecular complexity index is 574. The minimum atomic E-state index is -0.840. The zero-order chi connectivity index (χ0) is 12.5. The van der Waals surface area contributed by atoms with Gasteiger partial charge in [-0.3, -0.25) is 4.79 Å². The fourth-order valence-electron chi connectivity index (χ4n) is 1.47. The van der Waals surface area contributed by atoms with Crippen LogP contribution in [-0.4, -0.2) is 11.4 Å². The topological polar surface area (TPSA) is 52.9 Å². The molecule has 1 amide bonds. The van der Waals surface area contributed by atoms with Gasteiger partial charge in [0.2, 0.25) is 0 Å². The number of nitrogens with zero attached hydrogens (tertiary/aromatic N) is 1. The molecular formula is C13H12N2OS. The van der Waals surface area contributed by atoms with E-state index in [0.29, 0.717) is 4.88 Å². The summed E-state index contributed by atoms with van der Waals surface area (Å²) in [5.41, 5.74) is -0.840. The summed E-state index contributed by atoms with van der Waals surface area (Å²) in [6.07, 6.45) is 0. The molecule has 2 rings (SSSR count). The van der Waals surface area contributed by atoms with Crippen LogP contribution in [0.1, 0.15) is 23.5 Å². The number of thiophene rings is 1. The maximum atomic E-state index is 11.9. The molecule has 0 aliphatic carbocycles. The summed E-state index contributed by atoms with van der Waals surface area (Å²) in [6.45, 7) is 3.36. The molecule has 1 aromatic heterocycles. The average Bonchev–Trinajstić information content (AvgIpc) is 2.72. The molecule has 0 atom stereocenters. The third-order valence-corrected chi connectivity index (χ3v) is 3.47. The second-order valence-electron chi connectivity index (χ2n) is 4.34. The molecule has 3 nitrogen and oxygen atoms in total. The zero-order valence-electron chi connectivity index (χ0n) is 9.65. The van der Waals surface area contributed by atoms with Crippen LogP contribution in [0.5, 0.6) is 0 Å². The molecule has 1 aromatic carbocycles. The van der Waals surface area contributed by atoms with Gasteiger partial charge in [0.15, 0.2) is 0 Å². The van der Waals surface area contributed by atoms with E-state index < -0.39 is 5.54 Å². The lowest BCUT2D eigenvalue weighted by Gasteiger charge is -2.16. The van der Waals surface area contributed by atoms with Gasteiger partial charge in [-0.1, -0.05) is 18.2 Å². The van der Waals surface area contributed by atoms with Crippen LogP contribution in [0.25, 0.3) is 10.1 Å². The van der Waals surface area contributed by atoms with E-state index in [1.165, 1.54) is 11.3 Å². The molecule has 0 fully saturated rings. The summed E-state index contributed by atoms with van der Waals surface area (Å²) in [5, 5.41) is 12.6. The molecule has 86 valence electrons. The van der Waals surface area contributed by atoms with Crippen molar-refractivity contribution >= 4 is 27.3 Å². The zero-order valence-corrected chi connectivity index (χ0v) is 10.5. The number of hydrogen-bond donors (Lipinski definition) is 1. The number of fused-ring (bicyclic) bond motifs is 1. The first-order valence-corrected chi connectivity index (χ1v) is 6.06. The van der Waals surface area contributed by atoms with Crippen LogP contribution in [-0.2, 0) is 0 Å². The lowest BCUT2D eigenvalue weighted by atomic mass is 10.1. The van der Waals surface area contributed by atoms with Gasteiger partial charge in [-0.15, -0.1) is 11.3 Å². The van der Waals surface area contributed by atoms with Crippen molar-refractivity contribution in [1.29, 1.82) is 5.26 Å². The van der Waals surface area contributed by atoms with Crippen LogP contribution in [0, 0.1) is 11.3 Å². The van der Waals surface area contributed by atoms with Crippen LogP contribution in [0.3, 0.4) is 0 Å². The standard InChI is InChI=1S/C13H12N2OS/c1-13(2,8-14)15-12(16)11-7-9-5-3-4-6-10(9)17-11/h3-7H,1-2H3,(H,15,16). The molecule has 0 unspecified atom stereocenters. The van der Waals surface area contributed by atoms with Crippen LogP contribution in [0.15, 0.2) is 30.3 Å². The minimum Gasteiger partial charge on any atom is -0.334 e. The molecular weight excluding hydrogens is 232 g/mol. The van der Waals surface area contributed by atoms with Gasteiger partial charge in [0.1, 0.15) is 5.54 Å². The molecule has 0 bridgehead atoms. The van der Waals surface area contributed by atoms with Crippen LogP contribution >= 0.6 is 11.3 Å². The smallest absolute Gasteiger partial charge is 0.262 e. The minimum absolute atomic E-state index is 0.197. The summed E-state index contributed by atoms with van der Waals surface area (Å²) in [6, 6.07) is 11.7. The van der Waals surface area contributed by atoms with E-state index in [4.69, 9.17) is 5.26 Å². The molecule has 0 spiro atoms. The lowest BCUT2D eigenvalue weighted by Crippen LogP contribution is -2.41. The van der Waals surface area contributed by atoms with E-state index in [2.05, 4.69) is 5.32 Å². The number of carbonyl (C=O) groups excluding carboxylic acids is 1. The van der Waals surface area contributed by atoms with Gasteiger partial charge in [-0.25, -0.2) is 0 Å². The number of hydrogen-bond acceptors (Lipinski definition) is 3. The summed E-state index contributed by atoms with van der Waals surface area (Å²) in [7, 11) is 0. The van der Waals surface area contributed by atoms with E-state index in [1.807, 2.05) is 36.4 Å². The Kier molecular flexibility index (Phi) is 2.86. The van der Waals surface area contributed by atoms with Gasteiger partial charge in [0, 0.05) is 4.70 Å². The van der Waals surface area contributed by atoms with E-state index in [1.54, 1.807) is 13.8 Å². The van der Waals surface area contributed by atoms with E-state index in [-0.39, 0.29) is 5.91 Å². The molecule has 0 aliphatic rings. The highest BCUT2D eigenvalue weighted by atomic mass is 32.1. The van der Waals surface area contributed by atoms with Crippen LogP contribution in [0.2, 0.25) is 0 Å². The number of carbonyl (C=O) groups is 1. The van der Waals surface area contributed by atoms with Gasteiger partial charge in [-0.2, -0.15) is 5.26 Å². The summed E-state index contributed by atoms with van der Waals surface area (Å²) in [4.78, 5) is 12.6. The van der Waals surface area contributed by atoms with Gasteiger partial charge < -0.3 is 5.32 Å². The van der Waals surface area contributed by atoms with Crippen molar-refractivity contribution in [2.45, 2.75) is 19.4 Å². The molecule has 0 saturated carbocycles. The monoisotopic (exact) mass is 244 g/mol. The molecule has 0 radical (unpaired) electrons. The highest BCUT2D eigenvalue weighted by Gasteiger charge is 2.21. The average molecular weight is 244 g/mol. The first-order chi connectivity index (χ1) is 8.02. The molecule has 0 saturated heterocycles.